The highest BCUT2D eigenvalue weighted by molar-refractivity contribution is 5.97. The number of hydrogen-bond acceptors (Lipinski definition) is 6. The number of esters is 1. The van der Waals surface area contributed by atoms with E-state index in [1.54, 1.807) is 31.2 Å². The van der Waals surface area contributed by atoms with Crippen molar-refractivity contribution in [1.82, 2.24) is 9.88 Å². The first kappa shape index (κ1) is 21.6. The number of para-hydroxylation sites is 1. The van der Waals surface area contributed by atoms with Crippen molar-refractivity contribution in [2.75, 3.05) is 13.2 Å². The summed E-state index contributed by atoms with van der Waals surface area (Å²) in [4.78, 5) is 35.8. The molecule has 2 N–H and O–H groups in total. The number of aromatic nitrogens is 1. The summed E-state index contributed by atoms with van der Waals surface area (Å²) in [6.07, 6.45) is 0. The van der Waals surface area contributed by atoms with Crippen LogP contribution in [-0.4, -0.2) is 40.6 Å². The van der Waals surface area contributed by atoms with Crippen molar-refractivity contribution in [3.63, 3.8) is 0 Å². The molecule has 9 nitrogen and oxygen atoms in total. The van der Waals surface area contributed by atoms with E-state index in [0.717, 1.165) is 6.07 Å². The molecule has 0 aliphatic carbocycles. The van der Waals surface area contributed by atoms with Crippen LogP contribution in [0.15, 0.2) is 58.8 Å². The van der Waals surface area contributed by atoms with Crippen molar-refractivity contribution in [1.29, 1.82) is 0 Å². The molecule has 160 valence electrons. The second-order valence-corrected chi connectivity index (χ2v) is 6.37. The molecule has 0 aliphatic heterocycles. The Bertz CT molecular complexity index is 1170. The third kappa shape index (κ3) is 5.10. The van der Waals surface area contributed by atoms with Crippen molar-refractivity contribution in [2.24, 2.45) is 10.2 Å². The number of rotatable bonds is 7. The second kappa shape index (κ2) is 9.61. The number of fused-ring (bicyclic) bond motifs is 1. The lowest BCUT2D eigenvalue weighted by molar-refractivity contribution is -0.143. The van der Waals surface area contributed by atoms with Crippen LogP contribution < -0.4 is 5.32 Å². The summed E-state index contributed by atoms with van der Waals surface area (Å²) in [5.74, 6) is -2.90. The zero-order valence-electron chi connectivity index (χ0n) is 16.5. The topological polar surface area (TPSA) is 122 Å². The minimum Gasteiger partial charge on any atom is -0.493 e. The molecular formula is C21H19FN4O5. The predicted molar refractivity (Wildman–Crippen MR) is 108 cm³/mol. The fourth-order valence-electron chi connectivity index (χ4n) is 2.89. The third-order valence-corrected chi connectivity index (χ3v) is 4.26. The lowest BCUT2D eigenvalue weighted by atomic mass is 10.2. The van der Waals surface area contributed by atoms with E-state index in [-0.39, 0.29) is 30.3 Å². The number of nitrogens with zero attached hydrogens (tertiary/aromatic N) is 3. The van der Waals surface area contributed by atoms with E-state index in [2.05, 4.69) is 15.5 Å². The van der Waals surface area contributed by atoms with Gasteiger partial charge in [0.15, 0.2) is 5.69 Å². The molecule has 3 rings (SSSR count). The maximum atomic E-state index is 13.2. The normalized spacial score (nSPS) is 11.0. The Morgan fingerprint density at radius 1 is 1.16 bits per heavy atom. The van der Waals surface area contributed by atoms with Gasteiger partial charge in [0.2, 0.25) is 5.88 Å². The molecule has 3 aromatic rings. The van der Waals surface area contributed by atoms with Gasteiger partial charge in [0.25, 0.3) is 11.8 Å². The molecule has 0 saturated carbocycles. The third-order valence-electron chi connectivity index (χ3n) is 4.26. The Balaban J connectivity index is 1.74. The Morgan fingerprint density at radius 2 is 1.94 bits per heavy atom. The molecule has 0 fully saturated rings. The maximum absolute atomic E-state index is 13.2. The molecular weight excluding hydrogens is 407 g/mol. The van der Waals surface area contributed by atoms with Gasteiger partial charge in [-0.25, -0.2) is 4.39 Å². The van der Waals surface area contributed by atoms with Gasteiger partial charge in [-0.15, -0.1) is 10.2 Å². The van der Waals surface area contributed by atoms with Crippen LogP contribution in [-0.2, 0) is 20.9 Å². The smallest absolute Gasteiger partial charge is 0.326 e. The van der Waals surface area contributed by atoms with Gasteiger partial charge < -0.3 is 15.2 Å². The fourth-order valence-corrected chi connectivity index (χ4v) is 2.89. The summed E-state index contributed by atoms with van der Waals surface area (Å²) in [6, 6.07) is 11.8. The van der Waals surface area contributed by atoms with E-state index in [1.165, 1.54) is 22.8 Å². The lowest BCUT2D eigenvalue weighted by Gasteiger charge is -2.06. The number of nitrogens with one attached hydrogen (secondary N) is 1. The van der Waals surface area contributed by atoms with Crippen LogP contribution >= 0.6 is 0 Å². The highest BCUT2D eigenvalue weighted by Gasteiger charge is 2.19. The number of azo groups is 1. The van der Waals surface area contributed by atoms with Crippen molar-refractivity contribution in [2.45, 2.75) is 13.5 Å². The Hall–Kier alpha value is -4.08. The van der Waals surface area contributed by atoms with Gasteiger partial charge in [-0.3, -0.25) is 19.0 Å². The van der Waals surface area contributed by atoms with Crippen molar-refractivity contribution in [3.05, 3.63) is 59.9 Å². The van der Waals surface area contributed by atoms with Crippen LogP contribution in [0.1, 0.15) is 17.3 Å². The summed E-state index contributed by atoms with van der Waals surface area (Å²) in [7, 11) is 0. The number of amides is 2. The van der Waals surface area contributed by atoms with Crippen molar-refractivity contribution in [3.8, 4) is 5.88 Å². The maximum Gasteiger partial charge on any atom is 0.326 e. The average Bonchev–Trinajstić information content (AvgIpc) is 3.01. The van der Waals surface area contributed by atoms with Gasteiger partial charge in [-0.1, -0.05) is 24.3 Å². The van der Waals surface area contributed by atoms with Crippen LogP contribution in [0.2, 0.25) is 0 Å². The zero-order valence-corrected chi connectivity index (χ0v) is 16.5. The molecule has 31 heavy (non-hydrogen) atoms. The van der Waals surface area contributed by atoms with Crippen LogP contribution in [0.3, 0.4) is 0 Å². The number of aromatic hydroxyl groups is 1. The first-order valence-corrected chi connectivity index (χ1v) is 9.34. The van der Waals surface area contributed by atoms with Crippen LogP contribution in [0, 0.1) is 5.82 Å². The Labute approximate surface area is 176 Å². The van der Waals surface area contributed by atoms with Gasteiger partial charge in [0, 0.05) is 10.9 Å². The van der Waals surface area contributed by atoms with Crippen molar-refractivity contribution < 1.29 is 28.6 Å². The number of hydrogen-bond donors (Lipinski definition) is 2. The van der Waals surface area contributed by atoms with E-state index in [9.17, 15) is 23.9 Å². The number of halogens is 1. The monoisotopic (exact) mass is 426 g/mol. The number of carbonyl (C=O) groups excluding carboxylic acids is 3. The van der Waals surface area contributed by atoms with Crippen LogP contribution in [0.4, 0.5) is 10.1 Å². The minimum atomic E-state index is -0.786. The van der Waals surface area contributed by atoms with Crippen LogP contribution in [0.25, 0.3) is 10.9 Å². The van der Waals surface area contributed by atoms with Crippen LogP contribution in [0.5, 0.6) is 5.88 Å². The first-order chi connectivity index (χ1) is 14.9. The van der Waals surface area contributed by atoms with Gasteiger partial charge >= 0.3 is 5.97 Å². The summed E-state index contributed by atoms with van der Waals surface area (Å²) in [6.45, 7) is 1.15. The first-order valence-electron chi connectivity index (χ1n) is 9.34. The summed E-state index contributed by atoms with van der Waals surface area (Å²) >= 11 is 0. The largest absolute Gasteiger partial charge is 0.493 e. The molecule has 0 spiro atoms. The van der Waals surface area contributed by atoms with Gasteiger partial charge in [0.05, 0.1) is 12.1 Å². The molecule has 0 unspecified atom stereocenters. The van der Waals surface area contributed by atoms with E-state index in [1.807, 2.05) is 0 Å². The van der Waals surface area contributed by atoms with E-state index < -0.39 is 30.1 Å². The van der Waals surface area contributed by atoms with Crippen molar-refractivity contribution >= 4 is 34.4 Å². The molecule has 1 aromatic heterocycles. The average molecular weight is 426 g/mol. The van der Waals surface area contributed by atoms with E-state index in [0.29, 0.717) is 10.9 Å². The summed E-state index contributed by atoms with van der Waals surface area (Å²) < 4.78 is 19.4. The molecule has 0 saturated heterocycles. The quantitative estimate of drug-likeness (QED) is 0.444. The zero-order chi connectivity index (χ0) is 22.4. The SMILES string of the molecule is CCOC(=O)Cn1c(O)c(N=NC(=O)CNC(=O)c2cccc(F)c2)c2ccccc21. The van der Waals surface area contributed by atoms with E-state index >= 15 is 0 Å². The molecule has 0 aliphatic rings. The molecule has 0 radical (unpaired) electrons. The predicted octanol–water partition coefficient (Wildman–Crippen LogP) is 3.09. The van der Waals surface area contributed by atoms with Gasteiger partial charge in [-0.2, -0.15) is 0 Å². The number of ether oxygens (including phenoxy) is 1. The Kier molecular flexibility index (Phi) is 6.71. The van der Waals surface area contributed by atoms with Gasteiger partial charge in [0.1, 0.15) is 18.9 Å². The second-order valence-electron chi connectivity index (χ2n) is 6.37. The molecule has 0 atom stereocenters. The highest BCUT2D eigenvalue weighted by Crippen LogP contribution is 2.38. The van der Waals surface area contributed by atoms with E-state index in [4.69, 9.17) is 4.74 Å². The van der Waals surface area contributed by atoms with Gasteiger partial charge in [-0.05, 0) is 31.2 Å². The number of benzene rings is 2. The Morgan fingerprint density at radius 3 is 2.68 bits per heavy atom. The molecule has 10 heteroatoms. The molecule has 1 heterocycles. The molecule has 0 bridgehead atoms. The standard InChI is InChI=1S/C21H19FN4O5/c1-2-31-18(28)12-26-16-9-4-3-8-15(16)19(21(26)30)25-24-17(27)11-23-20(29)13-6-5-7-14(22)10-13/h3-10,30H,2,11-12H2,1H3,(H,23,29). The molecule has 2 amide bonds. The minimum absolute atomic E-state index is 0.00436. The summed E-state index contributed by atoms with van der Waals surface area (Å²) in [5.41, 5.74) is 0.572. The summed E-state index contributed by atoms with van der Waals surface area (Å²) in [5, 5.41) is 20.7. The number of carbonyl (C=O) groups is 3. The fraction of sp³-hybridized carbons (Fsp3) is 0.190. The molecule has 2 aromatic carbocycles. The lowest BCUT2D eigenvalue weighted by Crippen LogP contribution is -2.28. The highest BCUT2D eigenvalue weighted by atomic mass is 19.1.